The number of ether oxygens (including phenoxy) is 1. The van der Waals surface area contributed by atoms with Gasteiger partial charge in [0.25, 0.3) is 5.91 Å². The first kappa shape index (κ1) is 8.50. The number of nitrogens with zero attached hydrogens (tertiary/aromatic N) is 1. The molecule has 0 saturated carbocycles. The SMILES string of the molecule is CC(C)c1nc2c(s1)OCC(=O)N2. The van der Waals surface area contributed by atoms with Crippen LogP contribution < -0.4 is 10.1 Å². The number of hydrogen-bond donors (Lipinski definition) is 1. The van der Waals surface area contributed by atoms with E-state index < -0.39 is 0 Å². The van der Waals surface area contributed by atoms with E-state index in [2.05, 4.69) is 24.1 Å². The molecule has 2 rings (SSSR count). The molecule has 0 fully saturated rings. The van der Waals surface area contributed by atoms with E-state index in [1.165, 1.54) is 11.3 Å². The lowest BCUT2D eigenvalue weighted by Crippen LogP contribution is -2.24. The second kappa shape index (κ2) is 2.99. The standard InChI is InChI=1S/C8H10N2O2S/c1-4(2)7-10-6-8(13-7)12-3-5(11)9-6/h4H,3H2,1-2H3,(H,9,11). The molecule has 1 aliphatic heterocycles. The highest BCUT2D eigenvalue weighted by atomic mass is 32.1. The monoisotopic (exact) mass is 198 g/mol. The molecule has 0 spiro atoms. The van der Waals surface area contributed by atoms with Crippen LogP contribution in [0.5, 0.6) is 5.06 Å². The number of thiazole rings is 1. The van der Waals surface area contributed by atoms with Gasteiger partial charge in [0, 0.05) is 5.92 Å². The molecule has 2 heterocycles. The van der Waals surface area contributed by atoms with Crippen molar-refractivity contribution in [2.45, 2.75) is 19.8 Å². The van der Waals surface area contributed by atoms with Crippen LogP contribution in [0.4, 0.5) is 5.82 Å². The summed E-state index contributed by atoms with van der Waals surface area (Å²) in [5.74, 6) is 0.814. The molecule has 5 heteroatoms. The van der Waals surface area contributed by atoms with Crippen LogP contribution in [0.15, 0.2) is 0 Å². The molecule has 1 N–H and O–H groups in total. The smallest absolute Gasteiger partial charge is 0.263 e. The Bertz CT molecular complexity index is 346. The van der Waals surface area contributed by atoms with Crippen molar-refractivity contribution in [2.24, 2.45) is 0 Å². The number of amides is 1. The molecular formula is C8H10N2O2S. The Kier molecular flexibility index (Phi) is 1.95. The predicted octanol–water partition coefficient (Wildman–Crippen LogP) is 1.60. The average molecular weight is 198 g/mol. The Labute approximate surface area is 79.9 Å². The van der Waals surface area contributed by atoms with Crippen molar-refractivity contribution in [2.75, 3.05) is 11.9 Å². The van der Waals surface area contributed by atoms with Crippen molar-refractivity contribution >= 4 is 23.1 Å². The number of carbonyl (C=O) groups excluding carboxylic acids is 1. The van der Waals surface area contributed by atoms with Crippen molar-refractivity contribution in [3.05, 3.63) is 5.01 Å². The molecule has 0 unspecified atom stereocenters. The van der Waals surface area contributed by atoms with Crippen LogP contribution in [0.2, 0.25) is 0 Å². The Morgan fingerprint density at radius 2 is 2.38 bits per heavy atom. The Morgan fingerprint density at radius 3 is 3.08 bits per heavy atom. The normalized spacial score (nSPS) is 15.2. The molecule has 0 aromatic carbocycles. The summed E-state index contributed by atoms with van der Waals surface area (Å²) in [4.78, 5) is 15.2. The average Bonchev–Trinajstić information content (AvgIpc) is 2.46. The maximum atomic E-state index is 10.9. The zero-order valence-corrected chi connectivity index (χ0v) is 8.27. The third kappa shape index (κ3) is 1.51. The van der Waals surface area contributed by atoms with E-state index in [-0.39, 0.29) is 12.5 Å². The number of aromatic nitrogens is 1. The number of hydrogen-bond acceptors (Lipinski definition) is 4. The van der Waals surface area contributed by atoms with Gasteiger partial charge in [-0.15, -0.1) is 0 Å². The van der Waals surface area contributed by atoms with Crippen LogP contribution >= 0.6 is 11.3 Å². The maximum absolute atomic E-state index is 10.9. The summed E-state index contributed by atoms with van der Waals surface area (Å²) in [7, 11) is 0. The minimum atomic E-state index is -0.131. The van der Waals surface area contributed by atoms with Crippen LogP contribution in [-0.4, -0.2) is 17.5 Å². The van der Waals surface area contributed by atoms with Crippen molar-refractivity contribution in [3.63, 3.8) is 0 Å². The van der Waals surface area contributed by atoms with Gasteiger partial charge in [-0.1, -0.05) is 25.2 Å². The van der Waals surface area contributed by atoms with Crippen LogP contribution in [0.1, 0.15) is 24.8 Å². The molecule has 0 radical (unpaired) electrons. The first-order valence-corrected chi connectivity index (χ1v) is 4.92. The van der Waals surface area contributed by atoms with Gasteiger partial charge in [-0.2, -0.15) is 0 Å². The fourth-order valence-electron chi connectivity index (χ4n) is 1.04. The molecular weight excluding hydrogens is 188 g/mol. The zero-order valence-electron chi connectivity index (χ0n) is 7.46. The van der Waals surface area contributed by atoms with E-state index in [0.717, 1.165) is 10.1 Å². The molecule has 0 bridgehead atoms. The molecule has 0 saturated heterocycles. The molecule has 1 aliphatic rings. The molecule has 0 atom stereocenters. The Morgan fingerprint density at radius 1 is 1.62 bits per heavy atom. The van der Waals surface area contributed by atoms with Crippen molar-refractivity contribution in [3.8, 4) is 5.06 Å². The zero-order chi connectivity index (χ0) is 9.42. The molecule has 4 nitrogen and oxygen atoms in total. The van der Waals surface area contributed by atoms with Crippen molar-refractivity contribution in [1.82, 2.24) is 4.98 Å². The van der Waals surface area contributed by atoms with E-state index >= 15 is 0 Å². The van der Waals surface area contributed by atoms with E-state index in [0.29, 0.717) is 11.7 Å². The fraction of sp³-hybridized carbons (Fsp3) is 0.500. The lowest BCUT2D eigenvalue weighted by Gasteiger charge is -2.10. The molecule has 0 aliphatic carbocycles. The number of carbonyl (C=O) groups is 1. The minimum Gasteiger partial charge on any atom is -0.471 e. The van der Waals surface area contributed by atoms with E-state index in [4.69, 9.17) is 4.74 Å². The molecule has 70 valence electrons. The van der Waals surface area contributed by atoms with Gasteiger partial charge in [-0.05, 0) is 0 Å². The summed E-state index contributed by atoms with van der Waals surface area (Å²) in [5, 5.41) is 4.39. The lowest BCUT2D eigenvalue weighted by molar-refractivity contribution is -0.118. The molecule has 1 amide bonds. The second-order valence-corrected chi connectivity index (χ2v) is 4.17. The van der Waals surface area contributed by atoms with Crippen molar-refractivity contribution < 1.29 is 9.53 Å². The summed E-state index contributed by atoms with van der Waals surface area (Å²) < 4.78 is 5.21. The highest BCUT2D eigenvalue weighted by molar-refractivity contribution is 7.14. The third-order valence-electron chi connectivity index (χ3n) is 1.70. The Hall–Kier alpha value is -1.10. The summed E-state index contributed by atoms with van der Waals surface area (Å²) in [6, 6.07) is 0. The quantitative estimate of drug-likeness (QED) is 0.745. The molecule has 13 heavy (non-hydrogen) atoms. The predicted molar refractivity (Wildman–Crippen MR) is 50.3 cm³/mol. The van der Waals surface area contributed by atoms with Gasteiger partial charge in [0.1, 0.15) is 5.01 Å². The van der Waals surface area contributed by atoms with Gasteiger partial charge in [0.15, 0.2) is 12.4 Å². The highest BCUT2D eigenvalue weighted by Crippen LogP contribution is 2.36. The molecule has 1 aromatic heterocycles. The topological polar surface area (TPSA) is 51.2 Å². The van der Waals surface area contributed by atoms with Crippen molar-refractivity contribution in [1.29, 1.82) is 0 Å². The Balaban J connectivity index is 2.33. The van der Waals surface area contributed by atoms with Gasteiger partial charge in [-0.3, -0.25) is 4.79 Å². The summed E-state index contributed by atoms with van der Waals surface area (Å²) in [5.41, 5.74) is 0. The van der Waals surface area contributed by atoms with Crippen LogP contribution in [0.25, 0.3) is 0 Å². The van der Waals surface area contributed by atoms with E-state index in [1.807, 2.05) is 0 Å². The largest absolute Gasteiger partial charge is 0.471 e. The molecule has 1 aromatic rings. The van der Waals surface area contributed by atoms with Crippen LogP contribution in [0.3, 0.4) is 0 Å². The first-order valence-electron chi connectivity index (χ1n) is 4.10. The van der Waals surface area contributed by atoms with Gasteiger partial charge < -0.3 is 10.1 Å². The highest BCUT2D eigenvalue weighted by Gasteiger charge is 2.21. The number of anilines is 1. The number of fused-ring (bicyclic) bond motifs is 1. The van der Waals surface area contributed by atoms with Crippen LogP contribution in [0, 0.1) is 0 Å². The fourth-order valence-corrected chi connectivity index (χ4v) is 1.92. The number of rotatable bonds is 1. The van der Waals surface area contributed by atoms with Gasteiger partial charge >= 0.3 is 0 Å². The summed E-state index contributed by atoms with van der Waals surface area (Å²) in [6.45, 7) is 4.23. The first-order chi connectivity index (χ1) is 6.16. The second-order valence-electron chi connectivity index (χ2n) is 3.18. The van der Waals surface area contributed by atoms with E-state index in [9.17, 15) is 4.79 Å². The van der Waals surface area contributed by atoms with Gasteiger partial charge in [0.05, 0.1) is 0 Å². The number of nitrogens with one attached hydrogen (secondary N) is 1. The maximum Gasteiger partial charge on any atom is 0.263 e. The van der Waals surface area contributed by atoms with Gasteiger partial charge in [0.2, 0.25) is 5.06 Å². The minimum absolute atomic E-state index is 0.104. The van der Waals surface area contributed by atoms with Gasteiger partial charge in [-0.25, -0.2) is 4.98 Å². The summed E-state index contributed by atoms with van der Waals surface area (Å²) >= 11 is 1.50. The third-order valence-corrected chi connectivity index (χ3v) is 2.97. The van der Waals surface area contributed by atoms with E-state index in [1.54, 1.807) is 0 Å². The lowest BCUT2D eigenvalue weighted by atomic mass is 10.2. The van der Waals surface area contributed by atoms with Crippen LogP contribution in [-0.2, 0) is 4.79 Å². The summed E-state index contributed by atoms with van der Waals surface area (Å²) in [6.07, 6.45) is 0.